The molecule has 0 aliphatic carbocycles. The molecule has 0 spiro atoms. The summed E-state index contributed by atoms with van der Waals surface area (Å²) in [7, 11) is 0. The first-order valence-electron chi connectivity index (χ1n) is 7.98. The van der Waals surface area contributed by atoms with Gasteiger partial charge in [-0.05, 0) is 36.2 Å². The van der Waals surface area contributed by atoms with Gasteiger partial charge in [0.15, 0.2) is 0 Å². The van der Waals surface area contributed by atoms with Gasteiger partial charge in [-0.25, -0.2) is 4.39 Å². The van der Waals surface area contributed by atoms with Crippen LogP contribution in [0.3, 0.4) is 0 Å². The molecule has 0 unspecified atom stereocenters. The van der Waals surface area contributed by atoms with Gasteiger partial charge in [-0.15, -0.1) is 0 Å². The topological polar surface area (TPSA) is 72.1 Å². The smallest absolute Gasteiger partial charge is 0.249 e. The molecule has 1 saturated heterocycles. The summed E-state index contributed by atoms with van der Waals surface area (Å²) in [5.74, 6) is 0.441. The number of rotatable bonds is 4. The molecule has 0 radical (unpaired) electrons. The van der Waals surface area contributed by atoms with Crippen LogP contribution in [0, 0.1) is 5.82 Å². The third-order valence-corrected chi connectivity index (χ3v) is 4.23. The van der Waals surface area contributed by atoms with Gasteiger partial charge in [0.25, 0.3) is 0 Å². The molecule has 1 fully saturated rings. The molecule has 1 atom stereocenters. The summed E-state index contributed by atoms with van der Waals surface area (Å²) in [5, 5.41) is 3.97. The minimum atomic E-state index is -0.344. The first kappa shape index (κ1) is 15.4. The normalized spacial score (nSPS) is 16.5. The van der Waals surface area contributed by atoms with Gasteiger partial charge in [-0.2, -0.15) is 4.98 Å². The molecule has 4 rings (SSSR count). The standard InChI is InChI=1S/C18H15FN4O2/c19-14-5-1-3-12(9-14)10-16(24)23-8-6-15(23)18-21-17(22-25-18)13-4-2-7-20-11-13/h1-5,7,9,11,15H,6,8,10H2/t15-/m1/s1. The number of carbonyl (C=O) groups excluding carboxylic acids is 1. The molecule has 6 nitrogen and oxygen atoms in total. The lowest BCUT2D eigenvalue weighted by atomic mass is 10.0. The molecule has 126 valence electrons. The van der Waals surface area contributed by atoms with E-state index >= 15 is 0 Å². The second-order valence-corrected chi connectivity index (χ2v) is 5.90. The lowest BCUT2D eigenvalue weighted by molar-refractivity contribution is -0.139. The molecule has 0 bridgehead atoms. The highest BCUT2D eigenvalue weighted by Crippen LogP contribution is 2.33. The van der Waals surface area contributed by atoms with Crippen molar-refractivity contribution >= 4 is 5.91 Å². The lowest BCUT2D eigenvalue weighted by Gasteiger charge is -2.38. The maximum atomic E-state index is 13.3. The van der Waals surface area contributed by atoms with Crippen molar-refractivity contribution in [1.82, 2.24) is 20.0 Å². The molecular weight excluding hydrogens is 323 g/mol. The van der Waals surface area contributed by atoms with Crippen LogP contribution in [0.25, 0.3) is 11.4 Å². The van der Waals surface area contributed by atoms with E-state index in [9.17, 15) is 9.18 Å². The van der Waals surface area contributed by atoms with Gasteiger partial charge in [0.1, 0.15) is 11.9 Å². The zero-order valence-corrected chi connectivity index (χ0v) is 13.3. The summed E-state index contributed by atoms with van der Waals surface area (Å²) in [6.07, 6.45) is 4.24. The van der Waals surface area contributed by atoms with E-state index in [1.54, 1.807) is 35.5 Å². The SMILES string of the molecule is O=C(Cc1cccc(F)c1)N1CC[C@@H]1c1nc(-c2cccnc2)no1. The summed E-state index contributed by atoms with van der Waals surface area (Å²) < 4.78 is 18.6. The van der Waals surface area contributed by atoms with E-state index in [1.165, 1.54) is 12.1 Å². The minimum Gasteiger partial charge on any atom is -0.337 e. The molecule has 1 aliphatic rings. The Labute approximate surface area is 143 Å². The largest absolute Gasteiger partial charge is 0.337 e. The molecule has 25 heavy (non-hydrogen) atoms. The molecule has 3 aromatic rings. The monoisotopic (exact) mass is 338 g/mol. The molecular formula is C18H15FN4O2. The van der Waals surface area contributed by atoms with Crippen LogP contribution in [0.5, 0.6) is 0 Å². The molecule has 0 N–H and O–H groups in total. The molecule has 3 heterocycles. The van der Waals surface area contributed by atoms with Crippen LogP contribution in [-0.4, -0.2) is 32.5 Å². The first-order valence-corrected chi connectivity index (χ1v) is 7.98. The Hall–Kier alpha value is -3.09. The van der Waals surface area contributed by atoms with Crippen molar-refractivity contribution in [2.45, 2.75) is 18.9 Å². The Morgan fingerprint density at radius 2 is 2.24 bits per heavy atom. The molecule has 7 heteroatoms. The predicted octanol–water partition coefficient (Wildman–Crippen LogP) is 2.79. The van der Waals surface area contributed by atoms with Gasteiger partial charge in [-0.1, -0.05) is 17.3 Å². The fourth-order valence-corrected chi connectivity index (χ4v) is 2.85. The lowest BCUT2D eigenvalue weighted by Crippen LogP contribution is -2.46. The number of hydrogen-bond donors (Lipinski definition) is 0. The highest BCUT2D eigenvalue weighted by molar-refractivity contribution is 5.80. The van der Waals surface area contributed by atoms with Gasteiger partial charge in [0, 0.05) is 24.5 Å². The fourth-order valence-electron chi connectivity index (χ4n) is 2.85. The summed E-state index contributed by atoms with van der Waals surface area (Å²) in [6, 6.07) is 9.49. The molecule has 1 aromatic carbocycles. The van der Waals surface area contributed by atoms with Crippen LogP contribution in [0.15, 0.2) is 53.3 Å². The van der Waals surface area contributed by atoms with Crippen molar-refractivity contribution in [3.8, 4) is 11.4 Å². The fraction of sp³-hybridized carbons (Fsp3) is 0.222. The van der Waals surface area contributed by atoms with Gasteiger partial charge >= 0.3 is 0 Å². The van der Waals surface area contributed by atoms with Crippen molar-refractivity contribution in [2.24, 2.45) is 0 Å². The third kappa shape index (κ3) is 3.13. The van der Waals surface area contributed by atoms with Crippen LogP contribution < -0.4 is 0 Å². The van der Waals surface area contributed by atoms with Crippen LogP contribution in [0.4, 0.5) is 4.39 Å². The molecule has 1 aliphatic heterocycles. The maximum absolute atomic E-state index is 13.3. The van der Waals surface area contributed by atoms with Crippen molar-refractivity contribution in [2.75, 3.05) is 6.54 Å². The van der Waals surface area contributed by atoms with Crippen molar-refractivity contribution in [1.29, 1.82) is 0 Å². The minimum absolute atomic E-state index is 0.0806. The number of halogens is 1. The second kappa shape index (κ2) is 6.43. The van der Waals surface area contributed by atoms with Crippen molar-refractivity contribution < 1.29 is 13.7 Å². The zero-order chi connectivity index (χ0) is 17.2. The number of benzene rings is 1. The van der Waals surface area contributed by atoms with Crippen molar-refractivity contribution in [3.63, 3.8) is 0 Å². The number of pyridine rings is 1. The number of hydrogen-bond acceptors (Lipinski definition) is 5. The first-order chi connectivity index (χ1) is 12.2. The van der Waals surface area contributed by atoms with Gasteiger partial charge in [0.05, 0.1) is 6.42 Å². The van der Waals surface area contributed by atoms with Gasteiger partial charge in [-0.3, -0.25) is 9.78 Å². The van der Waals surface area contributed by atoms with Gasteiger partial charge in [0.2, 0.25) is 17.6 Å². The van der Waals surface area contributed by atoms with E-state index in [4.69, 9.17) is 4.52 Å². The van der Waals surface area contributed by atoms with E-state index in [-0.39, 0.29) is 24.2 Å². The Bertz CT molecular complexity index is 897. The molecule has 0 saturated carbocycles. The van der Waals surface area contributed by atoms with E-state index < -0.39 is 0 Å². The summed E-state index contributed by atoms with van der Waals surface area (Å²) in [5.41, 5.74) is 1.41. The average molecular weight is 338 g/mol. The number of amides is 1. The number of carbonyl (C=O) groups is 1. The predicted molar refractivity (Wildman–Crippen MR) is 86.7 cm³/mol. The van der Waals surface area contributed by atoms with E-state index in [0.717, 1.165) is 12.0 Å². The highest BCUT2D eigenvalue weighted by atomic mass is 19.1. The van der Waals surface area contributed by atoms with E-state index in [0.29, 0.717) is 23.8 Å². The Balaban J connectivity index is 1.47. The van der Waals surface area contributed by atoms with E-state index in [1.807, 2.05) is 6.07 Å². The highest BCUT2D eigenvalue weighted by Gasteiger charge is 2.37. The number of likely N-dealkylation sites (tertiary alicyclic amines) is 1. The summed E-state index contributed by atoms with van der Waals surface area (Å²) >= 11 is 0. The van der Waals surface area contributed by atoms with Gasteiger partial charge < -0.3 is 9.42 Å². The number of aromatic nitrogens is 3. The Morgan fingerprint density at radius 1 is 1.32 bits per heavy atom. The third-order valence-electron chi connectivity index (χ3n) is 4.23. The zero-order valence-electron chi connectivity index (χ0n) is 13.3. The quantitative estimate of drug-likeness (QED) is 0.731. The summed E-state index contributed by atoms with van der Waals surface area (Å²) in [6.45, 7) is 0.628. The van der Waals surface area contributed by atoms with Crippen molar-refractivity contribution in [3.05, 3.63) is 66.1 Å². The van der Waals surface area contributed by atoms with Crippen LogP contribution in [0.2, 0.25) is 0 Å². The number of nitrogens with zero attached hydrogens (tertiary/aromatic N) is 4. The van der Waals surface area contributed by atoms with Crippen LogP contribution in [-0.2, 0) is 11.2 Å². The molecule has 2 aromatic heterocycles. The Kier molecular flexibility index (Phi) is 3.97. The van der Waals surface area contributed by atoms with Crippen LogP contribution in [0.1, 0.15) is 23.9 Å². The van der Waals surface area contributed by atoms with Crippen LogP contribution >= 0.6 is 0 Å². The Morgan fingerprint density at radius 3 is 2.96 bits per heavy atom. The maximum Gasteiger partial charge on any atom is 0.249 e. The van der Waals surface area contributed by atoms with E-state index in [2.05, 4.69) is 15.1 Å². The molecule has 1 amide bonds. The second-order valence-electron chi connectivity index (χ2n) is 5.90. The average Bonchev–Trinajstić information content (AvgIpc) is 3.04. The summed E-state index contributed by atoms with van der Waals surface area (Å²) in [4.78, 5) is 22.6.